The Hall–Kier alpha value is -0.850. The second-order valence-electron chi connectivity index (χ2n) is 12.3. The normalized spacial score (nSPS) is 43.2. The van der Waals surface area contributed by atoms with Crippen LogP contribution in [0, 0.1) is 52.3 Å². The van der Waals surface area contributed by atoms with Crippen LogP contribution in [0.25, 0.3) is 0 Å². The van der Waals surface area contributed by atoms with Gasteiger partial charge in [0.2, 0.25) is 0 Å². The Labute approximate surface area is 186 Å². The molecule has 0 aliphatic heterocycles. The summed E-state index contributed by atoms with van der Waals surface area (Å²) in [5.41, 5.74) is 2.33. The highest BCUT2D eigenvalue weighted by molar-refractivity contribution is 5.82. The van der Waals surface area contributed by atoms with Gasteiger partial charge in [-0.2, -0.15) is 0 Å². The first-order valence-corrected chi connectivity index (χ1v) is 13.1. The Morgan fingerprint density at radius 2 is 1.83 bits per heavy atom. The fourth-order valence-electron chi connectivity index (χ4n) is 8.66. The number of rotatable bonds is 5. The number of fused-ring (bicyclic) bond motifs is 5. The molecule has 0 unspecified atom stereocenters. The fraction of sp³-hybridized carbons (Fsp3) is 0.828. The SMILES string of the molecule is CC[C@H](/C=C/[C@H](C)[C@H]1CC[C@H]2[C@@H]3CC=C4CC(=O)CC[C@]4(C)[C@H]3CC[C@]12C)C(C)C. The molecule has 30 heavy (non-hydrogen) atoms. The summed E-state index contributed by atoms with van der Waals surface area (Å²) in [5, 5.41) is 0. The first-order valence-electron chi connectivity index (χ1n) is 13.1. The van der Waals surface area contributed by atoms with Gasteiger partial charge in [-0.25, -0.2) is 0 Å². The summed E-state index contributed by atoms with van der Waals surface area (Å²) in [4.78, 5) is 12.1. The zero-order chi connectivity index (χ0) is 21.7. The smallest absolute Gasteiger partial charge is 0.136 e. The van der Waals surface area contributed by atoms with E-state index in [9.17, 15) is 4.79 Å². The van der Waals surface area contributed by atoms with E-state index in [2.05, 4.69) is 59.8 Å². The van der Waals surface area contributed by atoms with Crippen LogP contribution in [0.4, 0.5) is 0 Å². The first-order chi connectivity index (χ1) is 14.2. The van der Waals surface area contributed by atoms with Gasteiger partial charge in [0.15, 0.2) is 0 Å². The van der Waals surface area contributed by atoms with E-state index in [0.29, 0.717) is 22.5 Å². The Morgan fingerprint density at radius 3 is 2.53 bits per heavy atom. The van der Waals surface area contributed by atoms with Gasteiger partial charge in [-0.15, -0.1) is 0 Å². The molecule has 3 fully saturated rings. The van der Waals surface area contributed by atoms with Crippen LogP contribution in [0.3, 0.4) is 0 Å². The maximum atomic E-state index is 12.1. The number of hydrogen-bond donors (Lipinski definition) is 0. The second-order valence-corrected chi connectivity index (χ2v) is 12.3. The van der Waals surface area contributed by atoms with E-state index in [1.165, 1.54) is 44.1 Å². The third-order valence-corrected chi connectivity index (χ3v) is 10.6. The molecule has 1 heteroatoms. The maximum Gasteiger partial charge on any atom is 0.136 e. The molecular formula is C29H46O. The summed E-state index contributed by atoms with van der Waals surface area (Å²) in [5.74, 6) is 6.04. The first kappa shape index (κ1) is 22.3. The molecule has 1 nitrogen and oxygen atoms in total. The number of allylic oxidation sites excluding steroid dienone is 4. The lowest BCUT2D eigenvalue weighted by molar-refractivity contribution is -0.122. The zero-order valence-corrected chi connectivity index (χ0v) is 20.5. The van der Waals surface area contributed by atoms with Crippen LogP contribution in [0.1, 0.15) is 99.3 Å². The van der Waals surface area contributed by atoms with Crippen molar-refractivity contribution in [3.05, 3.63) is 23.8 Å². The minimum atomic E-state index is 0.313. The quantitative estimate of drug-likeness (QED) is 0.419. The molecule has 0 aromatic heterocycles. The number of carbonyl (C=O) groups excluding carboxylic acids is 1. The van der Waals surface area contributed by atoms with Crippen LogP contribution in [0.15, 0.2) is 23.8 Å². The highest BCUT2D eigenvalue weighted by atomic mass is 16.1. The molecule has 0 radical (unpaired) electrons. The van der Waals surface area contributed by atoms with Crippen molar-refractivity contribution in [1.29, 1.82) is 0 Å². The zero-order valence-electron chi connectivity index (χ0n) is 20.5. The average Bonchev–Trinajstić information content (AvgIpc) is 3.06. The van der Waals surface area contributed by atoms with Crippen molar-refractivity contribution in [2.45, 2.75) is 99.3 Å². The molecule has 0 N–H and O–H groups in total. The van der Waals surface area contributed by atoms with E-state index < -0.39 is 0 Å². The van der Waals surface area contributed by atoms with E-state index in [-0.39, 0.29) is 0 Å². The lowest BCUT2D eigenvalue weighted by Crippen LogP contribution is -2.50. The maximum absolute atomic E-state index is 12.1. The summed E-state index contributed by atoms with van der Waals surface area (Å²) in [7, 11) is 0. The van der Waals surface area contributed by atoms with Gasteiger partial charge in [0.05, 0.1) is 0 Å². The van der Waals surface area contributed by atoms with E-state index in [1.807, 2.05) is 0 Å². The van der Waals surface area contributed by atoms with Crippen molar-refractivity contribution in [3.63, 3.8) is 0 Å². The average molecular weight is 411 g/mol. The lowest BCUT2D eigenvalue weighted by Gasteiger charge is -2.57. The molecule has 168 valence electrons. The van der Waals surface area contributed by atoms with Crippen LogP contribution in [-0.2, 0) is 4.79 Å². The summed E-state index contributed by atoms with van der Waals surface area (Å²) in [6.07, 6.45) is 18.5. The number of carbonyl (C=O) groups is 1. The minimum absolute atomic E-state index is 0.313. The number of Topliss-reactive ketones (excluding diaryl/α,β-unsaturated/α-hetero) is 1. The van der Waals surface area contributed by atoms with Gasteiger partial charge in [-0.3, -0.25) is 4.79 Å². The highest BCUT2D eigenvalue weighted by Crippen LogP contribution is 2.67. The van der Waals surface area contributed by atoms with E-state index in [0.717, 1.165) is 54.8 Å². The van der Waals surface area contributed by atoms with E-state index in [1.54, 1.807) is 0 Å². The molecule has 4 aliphatic rings. The van der Waals surface area contributed by atoms with Crippen molar-refractivity contribution in [2.75, 3.05) is 0 Å². The predicted molar refractivity (Wildman–Crippen MR) is 127 cm³/mol. The van der Waals surface area contributed by atoms with Crippen LogP contribution < -0.4 is 0 Å². The van der Waals surface area contributed by atoms with Crippen molar-refractivity contribution in [3.8, 4) is 0 Å². The van der Waals surface area contributed by atoms with Gasteiger partial charge >= 0.3 is 0 Å². The van der Waals surface area contributed by atoms with Gasteiger partial charge in [0.1, 0.15) is 5.78 Å². The monoisotopic (exact) mass is 410 g/mol. The molecule has 3 saturated carbocycles. The Balaban J connectivity index is 1.53. The van der Waals surface area contributed by atoms with Gasteiger partial charge in [0.25, 0.3) is 0 Å². The lowest BCUT2D eigenvalue weighted by atomic mass is 9.47. The second kappa shape index (κ2) is 8.25. The Morgan fingerprint density at radius 1 is 1.07 bits per heavy atom. The molecule has 0 bridgehead atoms. The predicted octanol–water partition coefficient (Wildman–Crippen LogP) is 8.01. The van der Waals surface area contributed by atoms with Crippen LogP contribution >= 0.6 is 0 Å². The molecular weight excluding hydrogens is 364 g/mol. The summed E-state index contributed by atoms with van der Waals surface area (Å²) >= 11 is 0. The standard InChI is InChI=1S/C29H46O/c1-7-21(19(2)3)9-8-20(4)25-12-13-26-24-11-10-22-18-23(30)14-16-28(22,5)27(24)15-17-29(25,26)6/h8-10,19-21,24-27H,7,11-18H2,1-6H3/b9-8+/t20-,21+,24-,25+,26-,27-,28-,29+/m0/s1. The molecule has 0 amide bonds. The van der Waals surface area contributed by atoms with E-state index >= 15 is 0 Å². The van der Waals surface area contributed by atoms with Crippen molar-refractivity contribution >= 4 is 5.78 Å². The van der Waals surface area contributed by atoms with Gasteiger partial charge in [-0.05, 0) is 97.2 Å². The van der Waals surface area contributed by atoms with Crippen LogP contribution in [0.2, 0.25) is 0 Å². The molecule has 8 atom stereocenters. The third kappa shape index (κ3) is 3.57. The number of ketones is 1. The number of hydrogen-bond acceptors (Lipinski definition) is 1. The minimum Gasteiger partial charge on any atom is -0.299 e. The Kier molecular flexibility index (Phi) is 6.15. The fourth-order valence-corrected chi connectivity index (χ4v) is 8.66. The molecule has 0 saturated heterocycles. The largest absolute Gasteiger partial charge is 0.299 e. The molecule has 0 aromatic carbocycles. The van der Waals surface area contributed by atoms with Gasteiger partial charge in [0, 0.05) is 12.8 Å². The summed E-state index contributed by atoms with van der Waals surface area (Å²) < 4.78 is 0. The van der Waals surface area contributed by atoms with Crippen molar-refractivity contribution in [2.24, 2.45) is 52.3 Å². The van der Waals surface area contributed by atoms with Gasteiger partial charge in [-0.1, -0.05) is 65.3 Å². The van der Waals surface area contributed by atoms with Crippen molar-refractivity contribution < 1.29 is 4.79 Å². The van der Waals surface area contributed by atoms with Gasteiger partial charge < -0.3 is 0 Å². The third-order valence-electron chi connectivity index (χ3n) is 10.6. The molecule has 4 aliphatic carbocycles. The Bertz CT molecular complexity index is 714. The summed E-state index contributed by atoms with van der Waals surface area (Å²) in [6, 6.07) is 0. The molecule has 0 aromatic rings. The summed E-state index contributed by atoms with van der Waals surface area (Å²) in [6.45, 7) is 14.7. The molecule has 0 heterocycles. The van der Waals surface area contributed by atoms with Crippen LogP contribution in [0.5, 0.6) is 0 Å². The van der Waals surface area contributed by atoms with Crippen LogP contribution in [-0.4, -0.2) is 5.78 Å². The molecule has 0 spiro atoms. The van der Waals surface area contributed by atoms with E-state index in [4.69, 9.17) is 0 Å². The highest BCUT2D eigenvalue weighted by Gasteiger charge is 2.58. The van der Waals surface area contributed by atoms with Crippen molar-refractivity contribution in [1.82, 2.24) is 0 Å². The topological polar surface area (TPSA) is 17.1 Å². The molecule has 4 rings (SSSR count).